The number of benzene rings is 4. The van der Waals surface area contributed by atoms with Gasteiger partial charge in [-0.3, -0.25) is 9.59 Å². The summed E-state index contributed by atoms with van der Waals surface area (Å²) >= 11 is 0. The fraction of sp³-hybridized carbons (Fsp3) is 0.480. The molecule has 2 aliphatic rings. The second-order valence-corrected chi connectivity index (χ2v) is 23.5. The zero-order valence-electron chi connectivity index (χ0n) is 39.7. The molecule has 4 aromatic carbocycles. The van der Waals surface area contributed by atoms with Crippen molar-refractivity contribution in [2.45, 2.75) is 116 Å². The molecule has 0 fully saturated rings. The van der Waals surface area contributed by atoms with E-state index in [1.165, 1.54) is 21.3 Å². The van der Waals surface area contributed by atoms with Crippen LogP contribution in [0.15, 0.2) is 60.7 Å². The van der Waals surface area contributed by atoms with Crippen LogP contribution in [0.1, 0.15) is 116 Å². The summed E-state index contributed by atoms with van der Waals surface area (Å²) in [5.41, 5.74) is 3.50. The monoisotopic (exact) mass is 886 g/mol. The van der Waals surface area contributed by atoms with Gasteiger partial charge in [0.15, 0.2) is 42.9 Å². The number of ether oxygens (including phenoxy) is 8. The Morgan fingerprint density at radius 2 is 1.00 bits per heavy atom. The minimum absolute atomic E-state index is 0.00187. The van der Waals surface area contributed by atoms with E-state index in [2.05, 4.69) is 47.7 Å². The van der Waals surface area contributed by atoms with Crippen LogP contribution >= 0.6 is 0 Å². The predicted octanol–water partition coefficient (Wildman–Crippen LogP) is 10.5. The van der Waals surface area contributed by atoms with E-state index in [0.29, 0.717) is 63.4 Å². The summed E-state index contributed by atoms with van der Waals surface area (Å²) in [6, 6.07) is 18.0. The second-order valence-electron chi connectivity index (χ2n) is 18.8. The quantitative estimate of drug-likeness (QED) is 0.0953. The highest BCUT2D eigenvalue weighted by molar-refractivity contribution is 6.74. The van der Waals surface area contributed by atoms with E-state index < -0.39 is 20.0 Å². The topological polar surface area (TPSA) is 137 Å². The number of carbonyl (C=O) groups is 2. The molecule has 0 saturated carbocycles. The minimum atomic E-state index is -2.04. The van der Waals surface area contributed by atoms with Gasteiger partial charge < -0.3 is 47.4 Å². The zero-order chi connectivity index (χ0) is 46.7. The van der Waals surface area contributed by atoms with E-state index in [9.17, 15) is 14.7 Å². The smallest absolute Gasteiger partial charge is 0.203 e. The summed E-state index contributed by atoms with van der Waals surface area (Å²) in [6.07, 6.45) is 0.797. The fourth-order valence-electron chi connectivity index (χ4n) is 7.64. The van der Waals surface area contributed by atoms with E-state index in [4.69, 9.17) is 42.3 Å². The predicted molar refractivity (Wildman–Crippen MR) is 246 cm³/mol. The maximum Gasteiger partial charge on any atom is 0.203 e. The Bertz CT molecular complexity index is 2240. The van der Waals surface area contributed by atoms with Crippen LogP contribution in [0, 0.1) is 0 Å². The first-order valence-electron chi connectivity index (χ1n) is 21.1. The first-order valence-corrected chi connectivity index (χ1v) is 24.1. The molecule has 0 aromatic heterocycles. The van der Waals surface area contributed by atoms with Crippen LogP contribution in [-0.4, -0.2) is 78.9 Å². The van der Waals surface area contributed by atoms with Gasteiger partial charge >= 0.3 is 0 Å². The Morgan fingerprint density at radius 3 is 1.38 bits per heavy atom. The molecule has 12 nitrogen and oxygen atoms in total. The van der Waals surface area contributed by atoms with Crippen LogP contribution in [-0.2, 0) is 17.3 Å². The lowest BCUT2D eigenvalue weighted by molar-refractivity contribution is 0.0114. The number of methoxy groups -OCH3 is 6. The van der Waals surface area contributed by atoms with Gasteiger partial charge in [0.05, 0.1) is 54.9 Å². The average Bonchev–Trinajstić information content (AvgIpc) is 3.21. The summed E-state index contributed by atoms with van der Waals surface area (Å²) in [7, 11) is 7.26. The molecular weight excluding hydrogens is 821 g/mol. The van der Waals surface area contributed by atoms with Gasteiger partial charge in [-0.25, -0.2) is 0 Å². The highest BCUT2D eigenvalue weighted by Crippen LogP contribution is 2.48. The normalized spacial score (nSPS) is 17.3. The van der Waals surface area contributed by atoms with Crippen LogP contribution in [0.2, 0.25) is 18.1 Å². The van der Waals surface area contributed by atoms with Gasteiger partial charge in [-0.05, 0) is 118 Å². The Kier molecular flexibility index (Phi) is 14.9. The minimum Gasteiger partial charge on any atom is -0.493 e. The lowest BCUT2D eigenvalue weighted by atomic mass is 9.90. The number of ketones is 2. The highest BCUT2D eigenvalue weighted by Gasteiger charge is 2.43. The molecule has 2 atom stereocenters. The molecule has 0 spiro atoms. The molecule has 1 N–H and O–H groups in total. The van der Waals surface area contributed by atoms with Crippen molar-refractivity contribution in [1.82, 2.24) is 0 Å². The van der Waals surface area contributed by atoms with Crippen molar-refractivity contribution in [3.05, 3.63) is 94.0 Å². The molecule has 0 saturated heterocycles. The van der Waals surface area contributed by atoms with E-state index in [0.717, 1.165) is 28.9 Å². The molecule has 63 heavy (non-hydrogen) atoms. The Hall–Kier alpha value is -5.24. The number of hydrogen-bond donors (Lipinski definition) is 1. The lowest BCUT2D eigenvalue weighted by Crippen LogP contribution is -2.45. The summed E-state index contributed by atoms with van der Waals surface area (Å²) in [6.45, 7) is 19.3. The van der Waals surface area contributed by atoms with Gasteiger partial charge in [-0.15, -0.1) is 0 Å². The molecule has 2 heterocycles. The third-order valence-corrected chi connectivity index (χ3v) is 16.4. The van der Waals surface area contributed by atoms with Crippen molar-refractivity contribution in [3.8, 4) is 46.0 Å². The number of fused-ring (bicyclic) bond motifs is 2. The second kappa shape index (κ2) is 19.2. The Morgan fingerprint density at radius 1 is 0.619 bits per heavy atom. The molecule has 0 radical (unpaired) electrons. The van der Waals surface area contributed by atoms with Crippen LogP contribution in [0.4, 0.5) is 0 Å². The van der Waals surface area contributed by atoms with E-state index in [1.54, 1.807) is 51.7 Å². The maximum atomic E-state index is 13.3. The van der Waals surface area contributed by atoms with Crippen LogP contribution < -0.4 is 37.9 Å². The summed E-state index contributed by atoms with van der Waals surface area (Å²) in [5, 5.41) is 10.5. The molecule has 0 bridgehead atoms. The van der Waals surface area contributed by atoms with Gasteiger partial charge in [-0.2, -0.15) is 0 Å². The lowest BCUT2D eigenvalue weighted by Gasteiger charge is -2.44. The van der Waals surface area contributed by atoms with Crippen molar-refractivity contribution in [2.24, 2.45) is 0 Å². The number of hydrogen-bond acceptors (Lipinski definition) is 12. The average molecular weight is 887 g/mol. The fourth-order valence-corrected chi connectivity index (χ4v) is 8.91. The van der Waals surface area contributed by atoms with Crippen molar-refractivity contribution < 1.29 is 57.0 Å². The Balaban J connectivity index is 0.000000243. The molecule has 342 valence electrons. The summed E-state index contributed by atoms with van der Waals surface area (Å²) in [4.78, 5) is 26.2. The van der Waals surface area contributed by atoms with Gasteiger partial charge in [0, 0.05) is 47.9 Å². The van der Waals surface area contributed by atoms with Gasteiger partial charge in [0.2, 0.25) is 11.5 Å². The summed E-state index contributed by atoms with van der Waals surface area (Å²) in [5.74, 6) is 4.37. The van der Waals surface area contributed by atoms with E-state index >= 15 is 0 Å². The number of rotatable bonds is 14. The van der Waals surface area contributed by atoms with Gasteiger partial charge in [0.1, 0.15) is 22.7 Å². The molecule has 4 aromatic rings. The first-order chi connectivity index (χ1) is 29.5. The van der Waals surface area contributed by atoms with Gasteiger partial charge in [0.25, 0.3) is 0 Å². The van der Waals surface area contributed by atoms with Crippen molar-refractivity contribution in [2.75, 3.05) is 42.7 Å². The zero-order valence-corrected chi connectivity index (χ0v) is 40.7. The number of aliphatic hydroxyl groups is 1. The van der Waals surface area contributed by atoms with Crippen molar-refractivity contribution in [1.29, 1.82) is 0 Å². The Labute approximate surface area is 374 Å². The van der Waals surface area contributed by atoms with Crippen LogP contribution in [0.3, 0.4) is 0 Å². The molecule has 2 unspecified atom stereocenters. The molecular formula is C50H66O12Si. The summed E-state index contributed by atoms with van der Waals surface area (Å²) < 4.78 is 51.3. The molecule has 6 rings (SSSR count). The standard InChI is InChI=1S/C28H40O6Si.C22H26O6/c1-27(2,3)35(9,10)34-25-17-28(4,5)33-22-12-11-19(16-20(22)25)21(29)13-18-14-23(30-6)26(32-8)24(15-18)31-7;1-22(2)12-17(24)15-11-14(6-7-18(15)28-22)16(23)8-13-9-19(25-3)21(27-5)20(10-13)26-4/h11-12,14-16,25H,13,17H2,1-10H3;6-7,9-11,17,24H,8,12H2,1-5H3. The van der Waals surface area contributed by atoms with Crippen molar-refractivity contribution in [3.63, 3.8) is 0 Å². The maximum absolute atomic E-state index is 13.3. The van der Waals surface area contributed by atoms with E-state index in [1.807, 2.05) is 44.2 Å². The SMILES string of the molecule is COc1cc(CC(=O)c2ccc3c(c2)C(O)CC(C)(C)O3)cc(OC)c1OC.COc1cc(CC(=O)c2ccc3c(c2)C(O[Si](C)(C)C(C)(C)C)CC(C)(C)O3)cc(OC)c1OC. The molecule has 13 heteroatoms. The first kappa shape index (κ1) is 48.8. The third-order valence-electron chi connectivity index (χ3n) is 11.9. The largest absolute Gasteiger partial charge is 0.493 e. The van der Waals surface area contributed by atoms with Gasteiger partial charge in [-0.1, -0.05) is 20.8 Å². The van der Waals surface area contributed by atoms with Crippen LogP contribution in [0.25, 0.3) is 0 Å². The molecule has 0 amide bonds. The number of Topliss-reactive ketones (excluding diaryl/α,β-unsaturated/α-hetero) is 2. The molecule has 0 aliphatic carbocycles. The number of aliphatic hydroxyl groups excluding tert-OH is 1. The molecule has 2 aliphatic heterocycles. The highest BCUT2D eigenvalue weighted by atomic mass is 28.4. The third kappa shape index (κ3) is 11.3. The number of carbonyl (C=O) groups excluding carboxylic acids is 2. The van der Waals surface area contributed by atoms with E-state index in [-0.39, 0.29) is 41.2 Å². The van der Waals surface area contributed by atoms with Crippen molar-refractivity contribution >= 4 is 19.9 Å². The van der Waals surface area contributed by atoms with Crippen LogP contribution in [0.5, 0.6) is 46.0 Å².